The summed E-state index contributed by atoms with van der Waals surface area (Å²) in [5.74, 6) is -0.894. The van der Waals surface area contributed by atoms with Crippen LogP contribution in [0.3, 0.4) is 0 Å². The van der Waals surface area contributed by atoms with E-state index in [1.165, 1.54) is 10.9 Å². The molecule has 0 bridgehead atoms. The van der Waals surface area contributed by atoms with E-state index >= 15 is 0 Å². The molecule has 8 heteroatoms. The van der Waals surface area contributed by atoms with Gasteiger partial charge in [0.1, 0.15) is 6.10 Å². The lowest BCUT2D eigenvalue weighted by Gasteiger charge is -2.10. The Labute approximate surface area is 126 Å². The van der Waals surface area contributed by atoms with Gasteiger partial charge >= 0.3 is 0 Å². The van der Waals surface area contributed by atoms with Crippen molar-refractivity contribution in [3.8, 4) is 5.69 Å². The second-order valence-corrected chi connectivity index (χ2v) is 4.83. The molecule has 0 spiro atoms. The first-order chi connectivity index (χ1) is 10.7. The van der Waals surface area contributed by atoms with Crippen LogP contribution < -0.4 is 10.9 Å². The van der Waals surface area contributed by atoms with Crippen molar-refractivity contribution in [2.24, 2.45) is 0 Å². The maximum absolute atomic E-state index is 11.9. The number of ether oxygens (including phenoxy) is 1. The van der Waals surface area contributed by atoms with E-state index < -0.39 is 12.0 Å². The monoisotopic (exact) mass is 301 g/mol. The van der Waals surface area contributed by atoms with Gasteiger partial charge in [-0.05, 0) is 25.0 Å². The molecule has 1 atom stereocenters. The van der Waals surface area contributed by atoms with Gasteiger partial charge in [0.25, 0.3) is 11.8 Å². The predicted molar refractivity (Wildman–Crippen MR) is 75.9 cm³/mol. The normalized spacial score (nSPS) is 17.2. The Morgan fingerprint density at radius 1 is 1.23 bits per heavy atom. The third kappa shape index (κ3) is 3.12. The maximum Gasteiger partial charge on any atom is 0.291 e. The number of carbonyl (C=O) groups is 2. The first kappa shape index (κ1) is 14.2. The summed E-state index contributed by atoms with van der Waals surface area (Å²) in [6.07, 6.45) is 2.49. The molecule has 8 nitrogen and oxygen atoms in total. The van der Waals surface area contributed by atoms with Crippen molar-refractivity contribution >= 4 is 11.8 Å². The van der Waals surface area contributed by atoms with Gasteiger partial charge in [-0.1, -0.05) is 23.4 Å². The van der Waals surface area contributed by atoms with Gasteiger partial charge < -0.3 is 4.74 Å². The average Bonchev–Trinajstić information content (AvgIpc) is 3.24. The molecule has 1 saturated heterocycles. The van der Waals surface area contributed by atoms with Crippen molar-refractivity contribution in [1.82, 2.24) is 25.8 Å². The van der Waals surface area contributed by atoms with Crippen molar-refractivity contribution in [2.75, 3.05) is 6.61 Å². The molecule has 3 rings (SSSR count). The number of hydrogen-bond donors (Lipinski definition) is 2. The lowest BCUT2D eigenvalue weighted by atomic mass is 10.2. The van der Waals surface area contributed by atoms with Gasteiger partial charge in [-0.3, -0.25) is 20.4 Å². The van der Waals surface area contributed by atoms with Crippen LogP contribution >= 0.6 is 0 Å². The molecule has 2 amide bonds. The Balaban J connectivity index is 1.59. The average molecular weight is 301 g/mol. The summed E-state index contributed by atoms with van der Waals surface area (Å²) in [6, 6.07) is 9.29. The third-order valence-corrected chi connectivity index (χ3v) is 3.27. The molecule has 1 aromatic heterocycles. The summed E-state index contributed by atoms with van der Waals surface area (Å²) >= 11 is 0. The molecule has 0 aliphatic carbocycles. The fraction of sp³-hybridized carbons (Fsp3) is 0.286. The van der Waals surface area contributed by atoms with Crippen molar-refractivity contribution in [3.63, 3.8) is 0 Å². The highest BCUT2D eigenvalue weighted by Gasteiger charge is 2.24. The lowest BCUT2D eigenvalue weighted by Crippen LogP contribution is -2.46. The Bertz CT molecular complexity index is 664. The lowest BCUT2D eigenvalue weighted by molar-refractivity contribution is -0.130. The molecule has 0 saturated carbocycles. The van der Waals surface area contributed by atoms with Gasteiger partial charge in [-0.25, -0.2) is 4.68 Å². The van der Waals surface area contributed by atoms with Crippen LogP contribution in [-0.4, -0.2) is 39.5 Å². The number of carbonyl (C=O) groups excluding carboxylic acids is 2. The van der Waals surface area contributed by atoms with Gasteiger partial charge in [-0.2, -0.15) is 0 Å². The summed E-state index contributed by atoms with van der Waals surface area (Å²) in [7, 11) is 0. The van der Waals surface area contributed by atoms with Gasteiger partial charge in [0.2, 0.25) is 0 Å². The Morgan fingerprint density at radius 2 is 2.05 bits per heavy atom. The molecule has 0 radical (unpaired) electrons. The first-order valence-electron chi connectivity index (χ1n) is 6.93. The smallest absolute Gasteiger partial charge is 0.291 e. The molecular formula is C14H15N5O3. The van der Waals surface area contributed by atoms with Crippen LogP contribution in [0.2, 0.25) is 0 Å². The predicted octanol–water partition coefficient (Wildman–Crippen LogP) is 0.207. The van der Waals surface area contributed by atoms with Crippen molar-refractivity contribution in [2.45, 2.75) is 18.9 Å². The number of amides is 2. The minimum Gasteiger partial charge on any atom is -0.368 e. The van der Waals surface area contributed by atoms with Crippen LogP contribution in [0.1, 0.15) is 23.3 Å². The second-order valence-electron chi connectivity index (χ2n) is 4.83. The van der Waals surface area contributed by atoms with Crippen LogP contribution in [0.15, 0.2) is 36.5 Å². The number of hydrazine groups is 1. The van der Waals surface area contributed by atoms with E-state index in [1.807, 2.05) is 30.3 Å². The molecular weight excluding hydrogens is 286 g/mol. The summed E-state index contributed by atoms with van der Waals surface area (Å²) in [6.45, 7) is 0.567. The number of para-hydroxylation sites is 1. The van der Waals surface area contributed by atoms with Crippen molar-refractivity contribution < 1.29 is 14.3 Å². The van der Waals surface area contributed by atoms with E-state index in [4.69, 9.17) is 4.74 Å². The molecule has 1 fully saturated rings. The standard InChI is InChI=1S/C14H15N5O3/c20-13(16-17-14(21)12-7-4-8-22-12)11-9-19(18-15-11)10-5-2-1-3-6-10/h1-3,5-6,9,12H,4,7-8H2,(H,16,20)(H,17,21). The maximum atomic E-state index is 11.9. The molecule has 1 aliphatic heterocycles. The SMILES string of the molecule is O=C(NNC(=O)C1CCCO1)c1cn(-c2ccccc2)nn1. The molecule has 1 aliphatic rings. The number of rotatable bonds is 3. The fourth-order valence-corrected chi connectivity index (χ4v) is 2.12. The van der Waals surface area contributed by atoms with Crippen LogP contribution in [0.4, 0.5) is 0 Å². The molecule has 114 valence electrons. The minimum atomic E-state index is -0.534. The largest absolute Gasteiger partial charge is 0.368 e. The fourth-order valence-electron chi connectivity index (χ4n) is 2.12. The van der Waals surface area contributed by atoms with Gasteiger partial charge in [-0.15, -0.1) is 5.10 Å². The van der Waals surface area contributed by atoms with Crippen LogP contribution in [0.5, 0.6) is 0 Å². The third-order valence-electron chi connectivity index (χ3n) is 3.27. The number of hydrogen-bond acceptors (Lipinski definition) is 5. The summed E-state index contributed by atoms with van der Waals surface area (Å²) in [5.41, 5.74) is 5.53. The highest BCUT2D eigenvalue weighted by molar-refractivity contribution is 5.93. The zero-order valence-electron chi connectivity index (χ0n) is 11.7. The molecule has 2 aromatic rings. The van der Waals surface area contributed by atoms with Crippen LogP contribution in [-0.2, 0) is 9.53 Å². The van der Waals surface area contributed by atoms with Crippen molar-refractivity contribution in [3.05, 3.63) is 42.2 Å². The summed E-state index contributed by atoms with van der Waals surface area (Å²) in [5, 5.41) is 7.67. The quantitative estimate of drug-likeness (QED) is 0.790. The Hall–Kier alpha value is -2.74. The van der Waals surface area contributed by atoms with E-state index in [9.17, 15) is 9.59 Å². The number of nitrogens with zero attached hydrogens (tertiary/aromatic N) is 3. The molecule has 2 heterocycles. The van der Waals surface area contributed by atoms with Gasteiger partial charge in [0, 0.05) is 6.61 Å². The van der Waals surface area contributed by atoms with Crippen molar-refractivity contribution in [1.29, 1.82) is 0 Å². The van der Waals surface area contributed by atoms with E-state index in [-0.39, 0.29) is 11.6 Å². The number of aromatic nitrogens is 3. The molecule has 2 N–H and O–H groups in total. The zero-order chi connectivity index (χ0) is 15.4. The van der Waals surface area contributed by atoms with E-state index in [0.29, 0.717) is 13.0 Å². The highest BCUT2D eigenvalue weighted by atomic mass is 16.5. The Morgan fingerprint density at radius 3 is 2.77 bits per heavy atom. The van der Waals surface area contributed by atoms with E-state index in [1.54, 1.807) is 0 Å². The van der Waals surface area contributed by atoms with Gasteiger partial charge in [0.05, 0.1) is 11.9 Å². The minimum absolute atomic E-state index is 0.108. The topological polar surface area (TPSA) is 98.1 Å². The van der Waals surface area contributed by atoms with Crippen LogP contribution in [0, 0.1) is 0 Å². The number of nitrogens with one attached hydrogen (secondary N) is 2. The Kier molecular flexibility index (Phi) is 4.10. The molecule has 1 aromatic carbocycles. The number of benzene rings is 1. The second kappa shape index (κ2) is 6.35. The molecule has 1 unspecified atom stereocenters. The van der Waals surface area contributed by atoms with Gasteiger partial charge in [0.15, 0.2) is 5.69 Å². The molecule has 22 heavy (non-hydrogen) atoms. The van der Waals surface area contributed by atoms with E-state index in [0.717, 1.165) is 12.1 Å². The van der Waals surface area contributed by atoms with Crippen LogP contribution in [0.25, 0.3) is 5.69 Å². The van der Waals surface area contributed by atoms with E-state index in [2.05, 4.69) is 21.2 Å². The summed E-state index contributed by atoms with van der Waals surface area (Å²) < 4.78 is 6.70. The zero-order valence-corrected chi connectivity index (χ0v) is 11.7. The first-order valence-corrected chi connectivity index (χ1v) is 6.93. The summed E-state index contributed by atoms with van der Waals surface area (Å²) in [4.78, 5) is 23.6. The highest BCUT2D eigenvalue weighted by Crippen LogP contribution is 2.11.